The minimum Gasteiger partial charge on any atom is -0.317 e. The van der Waals surface area contributed by atoms with E-state index in [1.165, 1.54) is 16.9 Å². The van der Waals surface area contributed by atoms with Gasteiger partial charge in [0, 0.05) is 11.3 Å². The highest BCUT2D eigenvalue weighted by Crippen LogP contribution is 2.39. The van der Waals surface area contributed by atoms with Crippen molar-refractivity contribution in [2.45, 2.75) is 46.0 Å². The topological polar surface area (TPSA) is 52.9 Å². The van der Waals surface area contributed by atoms with E-state index in [0.717, 1.165) is 24.3 Å². The maximum atomic E-state index is 11.6. The molecule has 1 N–H and O–H groups in total. The SMILES string of the molecule is CCCC(=O)Nc1sc2c(c1C#N)C[C@H](C)CC2. The first-order chi connectivity index (χ1) is 8.65. The number of carbonyl (C=O) groups excluding carboxylic acids is 1. The predicted octanol–water partition coefficient (Wildman–Crippen LogP) is 3.48. The van der Waals surface area contributed by atoms with Gasteiger partial charge in [0.1, 0.15) is 11.1 Å². The third-order valence-electron chi connectivity index (χ3n) is 3.35. The summed E-state index contributed by atoms with van der Waals surface area (Å²) >= 11 is 1.59. The fraction of sp³-hybridized carbons (Fsp3) is 0.571. The number of fused-ring (bicyclic) bond motifs is 1. The molecule has 1 aliphatic carbocycles. The number of hydrogen-bond acceptors (Lipinski definition) is 3. The first-order valence-electron chi connectivity index (χ1n) is 6.50. The van der Waals surface area contributed by atoms with E-state index in [0.29, 0.717) is 17.9 Å². The van der Waals surface area contributed by atoms with Crippen LogP contribution in [0.2, 0.25) is 0 Å². The number of rotatable bonds is 3. The van der Waals surface area contributed by atoms with Crippen LogP contribution in [0.15, 0.2) is 0 Å². The maximum Gasteiger partial charge on any atom is 0.224 e. The highest BCUT2D eigenvalue weighted by molar-refractivity contribution is 7.16. The Morgan fingerprint density at radius 2 is 2.39 bits per heavy atom. The summed E-state index contributed by atoms with van der Waals surface area (Å²) in [7, 11) is 0. The van der Waals surface area contributed by atoms with Crippen LogP contribution in [0.1, 0.15) is 49.1 Å². The average Bonchev–Trinajstić information content (AvgIpc) is 2.65. The molecule has 1 atom stereocenters. The van der Waals surface area contributed by atoms with Gasteiger partial charge in [0.2, 0.25) is 5.91 Å². The third kappa shape index (κ3) is 2.56. The quantitative estimate of drug-likeness (QED) is 0.906. The Balaban J connectivity index is 2.27. The first kappa shape index (κ1) is 13.1. The molecular weight excluding hydrogens is 244 g/mol. The lowest BCUT2D eigenvalue weighted by Crippen LogP contribution is -2.11. The number of nitrogens with one attached hydrogen (secondary N) is 1. The summed E-state index contributed by atoms with van der Waals surface area (Å²) in [5, 5.41) is 12.9. The molecule has 0 unspecified atom stereocenters. The number of aryl methyl sites for hydroxylation is 1. The fourth-order valence-corrected chi connectivity index (χ4v) is 3.59. The van der Waals surface area contributed by atoms with Crippen molar-refractivity contribution in [3.05, 3.63) is 16.0 Å². The van der Waals surface area contributed by atoms with E-state index >= 15 is 0 Å². The number of carbonyl (C=O) groups is 1. The van der Waals surface area contributed by atoms with Gasteiger partial charge in [-0.05, 0) is 37.2 Å². The molecule has 2 rings (SSSR count). The van der Waals surface area contributed by atoms with Gasteiger partial charge in [0.05, 0.1) is 5.56 Å². The number of thiophene rings is 1. The van der Waals surface area contributed by atoms with Gasteiger partial charge in [-0.15, -0.1) is 11.3 Å². The van der Waals surface area contributed by atoms with E-state index in [2.05, 4.69) is 18.3 Å². The molecule has 0 radical (unpaired) electrons. The summed E-state index contributed by atoms with van der Waals surface area (Å²) < 4.78 is 0. The first-order valence-corrected chi connectivity index (χ1v) is 7.31. The van der Waals surface area contributed by atoms with Crippen molar-refractivity contribution in [2.24, 2.45) is 5.92 Å². The van der Waals surface area contributed by atoms with Crippen LogP contribution < -0.4 is 5.32 Å². The van der Waals surface area contributed by atoms with Gasteiger partial charge in [-0.2, -0.15) is 5.26 Å². The van der Waals surface area contributed by atoms with Crippen molar-refractivity contribution < 1.29 is 4.79 Å². The molecule has 96 valence electrons. The lowest BCUT2D eigenvalue weighted by Gasteiger charge is -2.17. The van der Waals surface area contributed by atoms with E-state index in [9.17, 15) is 10.1 Å². The molecule has 0 saturated heterocycles. The number of anilines is 1. The molecule has 1 aliphatic rings. The minimum atomic E-state index is 0.0145. The number of hydrogen-bond donors (Lipinski definition) is 1. The molecular formula is C14H18N2OS. The second-order valence-electron chi connectivity index (χ2n) is 4.97. The molecule has 0 aromatic carbocycles. The molecule has 0 bridgehead atoms. The number of nitriles is 1. The fourth-order valence-electron chi connectivity index (χ4n) is 2.38. The van der Waals surface area contributed by atoms with Crippen molar-refractivity contribution in [1.82, 2.24) is 0 Å². The van der Waals surface area contributed by atoms with Gasteiger partial charge in [0.25, 0.3) is 0 Å². The summed E-state index contributed by atoms with van der Waals surface area (Å²) in [5.41, 5.74) is 1.87. The lowest BCUT2D eigenvalue weighted by atomic mass is 9.88. The molecule has 0 saturated carbocycles. The zero-order chi connectivity index (χ0) is 13.1. The predicted molar refractivity (Wildman–Crippen MR) is 73.8 cm³/mol. The summed E-state index contributed by atoms with van der Waals surface area (Å²) in [6.07, 6.45) is 4.54. The van der Waals surface area contributed by atoms with Gasteiger partial charge >= 0.3 is 0 Å². The van der Waals surface area contributed by atoms with Gasteiger partial charge < -0.3 is 5.32 Å². The van der Waals surface area contributed by atoms with Crippen molar-refractivity contribution in [1.29, 1.82) is 5.26 Å². The van der Waals surface area contributed by atoms with Gasteiger partial charge in [-0.1, -0.05) is 13.8 Å². The van der Waals surface area contributed by atoms with E-state index in [1.807, 2.05) is 6.92 Å². The monoisotopic (exact) mass is 262 g/mol. The van der Waals surface area contributed by atoms with Crippen LogP contribution >= 0.6 is 11.3 Å². The molecule has 4 heteroatoms. The Morgan fingerprint density at radius 1 is 1.61 bits per heavy atom. The molecule has 3 nitrogen and oxygen atoms in total. The summed E-state index contributed by atoms with van der Waals surface area (Å²) in [6, 6.07) is 2.27. The molecule has 1 aromatic rings. The van der Waals surface area contributed by atoms with Crippen LogP contribution in [-0.4, -0.2) is 5.91 Å². The number of amides is 1. The Labute approximate surface area is 112 Å². The van der Waals surface area contributed by atoms with Crippen molar-refractivity contribution in [3.8, 4) is 6.07 Å². The second kappa shape index (κ2) is 5.53. The van der Waals surface area contributed by atoms with E-state index < -0.39 is 0 Å². The van der Waals surface area contributed by atoms with Crippen LogP contribution in [0, 0.1) is 17.2 Å². The Morgan fingerprint density at radius 3 is 3.06 bits per heavy atom. The molecule has 0 fully saturated rings. The van der Waals surface area contributed by atoms with E-state index in [1.54, 1.807) is 11.3 Å². The molecule has 0 aliphatic heterocycles. The van der Waals surface area contributed by atoms with Crippen LogP contribution in [0.25, 0.3) is 0 Å². The third-order valence-corrected chi connectivity index (χ3v) is 4.56. The van der Waals surface area contributed by atoms with Gasteiger partial charge in [0.15, 0.2) is 0 Å². The maximum absolute atomic E-state index is 11.6. The lowest BCUT2D eigenvalue weighted by molar-refractivity contribution is -0.116. The Bertz CT molecular complexity index is 499. The average molecular weight is 262 g/mol. The van der Waals surface area contributed by atoms with Gasteiger partial charge in [-0.3, -0.25) is 4.79 Å². The van der Waals surface area contributed by atoms with Crippen molar-refractivity contribution >= 4 is 22.2 Å². The highest BCUT2D eigenvalue weighted by Gasteiger charge is 2.24. The molecule has 1 heterocycles. The zero-order valence-electron chi connectivity index (χ0n) is 10.9. The van der Waals surface area contributed by atoms with Crippen molar-refractivity contribution in [2.75, 3.05) is 5.32 Å². The Kier molecular flexibility index (Phi) is 4.03. The second-order valence-corrected chi connectivity index (χ2v) is 6.07. The molecule has 18 heavy (non-hydrogen) atoms. The van der Waals surface area contributed by atoms with Crippen LogP contribution in [0.4, 0.5) is 5.00 Å². The standard InChI is InChI=1S/C14H18N2OS/c1-3-4-13(17)16-14-11(8-15)10-7-9(2)5-6-12(10)18-14/h9H,3-7H2,1-2H3,(H,16,17)/t9-/m1/s1. The normalized spacial score (nSPS) is 17.9. The minimum absolute atomic E-state index is 0.0145. The zero-order valence-corrected chi connectivity index (χ0v) is 11.7. The largest absolute Gasteiger partial charge is 0.317 e. The smallest absolute Gasteiger partial charge is 0.224 e. The van der Waals surface area contributed by atoms with Crippen molar-refractivity contribution in [3.63, 3.8) is 0 Å². The van der Waals surface area contributed by atoms with Crippen LogP contribution in [0.3, 0.4) is 0 Å². The number of nitrogens with zero attached hydrogens (tertiary/aromatic N) is 1. The Hall–Kier alpha value is -1.34. The highest BCUT2D eigenvalue weighted by atomic mass is 32.1. The van der Waals surface area contributed by atoms with Crippen LogP contribution in [0.5, 0.6) is 0 Å². The van der Waals surface area contributed by atoms with Crippen LogP contribution in [-0.2, 0) is 17.6 Å². The molecule has 1 aromatic heterocycles. The van der Waals surface area contributed by atoms with E-state index in [4.69, 9.17) is 0 Å². The summed E-state index contributed by atoms with van der Waals surface area (Å²) in [5.74, 6) is 0.652. The summed E-state index contributed by atoms with van der Waals surface area (Å²) in [6.45, 7) is 4.20. The molecule has 1 amide bonds. The van der Waals surface area contributed by atoms with Gasteiger partial charge in [-0.25, -0.2) is 0 Å². The van der Waals surface area contributed by atoms with E-state index in [-0.39, 0.29) is 5.91 Å². The summed E-state index contributed by atoms with van der Waals surface area (Å²) in [4.78, 5) is 12.9. The molecule has 0 spiro atoms.